The van der Waals surface area contributed by atoms with Gasteiger partial charge in [0.05, 0.1) is 0 Å². The molecule has 1 fully saturated rings. The molecule has 17 heavy (non-hydrogen) atoms. The lowest BCUT2D eigenvalue weighted by atomic mass is 10.1. The molecule has 92 valence electrons. The van der Waals surface area contributed by atoms with Gasteiger partial charge in [-0.2, -0.15) is 0 Å². The third kappa shape index (κ3) is 2.46. The number of hydrogen-bond donors (Lipinski definition) is 1. The van der Waals surface area contributed by atoms with E-state index in [9.17, 15) is 9.59 Å². The van der Waals surface area contributed by atoms with Gasteiger partial charge in [-0.05, 0) is 19.3 Å². The third-order valence-corrected chi connectivity index (χ3v) is 3.98. The number of aromatic nitrogens is 1. The van der Waals surface area contributed by atoms with Gasteiger partial charge in [0.25, 0.3) is 0 Å². The van der Waals surface area contributed by atoms with Crippen molar-refractivity contribution in [2.75, 3.05) is 18.0 Å². The smallest absolute Gasteiger partial charge is 0.356 e. The van der Waals surface area contributed by atoms with E-state index in [1.54, 1.807) is 0 Å². The minimum atomic E-state index is -1.13. The predicted octanol–water partition coefficient (Wildman–Crippen LogP) is 2.03. The Kier molecular flexibility index (Phi) is 3.42. The Hall–Kier alpha value is -1.43. The number of nitrogens with zero attached hydrogens (tertiary/aromatic N) is 2. The van der Waals surface area contributed by atoms with Crippen molar-refractivity contribution in [3.63, 3.8) is 0 Å². The molecule has 0 saturated carbocycles. The first-order valence-electron chi connectivity index (χ1n) is 5.59. The quantitative estimate of drug-likeness (QED) is 0.836. The number of rotatable bonds is 3. The number of carboxylic acid groups (broad SMARTS) is 1. The molecule has 1 aliphatic rings. The highest BCUT2D eigenvalue weighted by Gasteiger charge is 2.23. The molecule has 1 aliphatic heterocycles. The molecule has 1 saturated heterocycles. The van der Waals surface area contributed by atoms with E-state index in [0.717, 1.165) is 25.9 Å². The van der Waals surface area contributed by atoms with E-state index in [-0.39, 0.29) is 16.4 Å². The van der Waals surface area contributed by atoms with Crippen LogP contribution in [0, 0.1) is 0 Å². The lowest BCUT2D eigenvalue weighted by molar-refractivity contribution is 0.0687. The lowest BCUT2D eigenvalue weighted by Gasteiger charge is -2.25. The number of thiazole rings is 1. The van der Waals surface area contributed by atoms with Gasteiger partial charge in [-0.15, -0.1) is 0 Å². The highest BCUT2D eigenvalue weighted by atomic mass is 32.1. The predicted molar refractivity (Wildman–Crippen MR) is 65.1 cm³/mol. The largest absolute Gasteiger partial charge is 0.476 e. The van der Waals surface area contributed by atoms with Crippen LogP contribution < -0.4 is 4.90 Å². The molecule has 2 rings (SSSR count). The van der Waals surface area contributed by atoms with E-state index in [1.165, 1.54) is 24.7 Å². The van der Waals surface area contributed by atoms with Crippen LogP contribution in [0.15, 0.2) is 0 Å². The summed E-state index contributed by atoms with van der Waals surface area (Å²) >= 11 is 1.19. The molecule has 0 aliphatic carbocycles. The van der Waals surface area contributed by atoms with Crippen LogP contribution in [0.4, 0.5) is 5.13 Å². The fraction of sp³-hybridized carbons (Fsp3) is 0.545. The number of carboxylic acids is 1. The van der Waals surface area contributed by atoms with Crippen molar-refractivity contribution in [2.24, 2.45) is 0 Å². The molecule has 2 heterocycles. The molecule has 5 nitrogen and oxygen atoms in total. The second-order valence-corrected chi connectivity index (χ2v) is 5.06. The van der Waals surface area contributed by atoms with E-state index in [1.807, 2.05) is 0 Å². The van der Waals surface area contributed by atoms with Crippen molar-refractivity contribution < 1.29 is 14.7 Å². The van der Waals surface area contributed by atoms with Gasteiger partial charge in [-0.1, -0.05) is 11.3 Å². The van der Waals surface area contributed by atoms with Crippen molar-refractivity contribution in [1.29, 1.82) is 0 Å². The van der Waals surface area contributed by atoms with E-state index in [2.05, 4.69) is 9.88 Å². The highest BCUT2D eigenvalue weighted by molar-refractivity contribution is 7.17. The lowest BCUT2D eigenvalue weighted by Crippen LogP contribution is -2.29. The second-order valence-electron chi connectivity index (χ2n) is 4.08. The van der Waals surface area contributed by atoms with Gasteiger partial charge in [0.1, 0.15) is 4.88 Å². The zero-order valence-corrected chi connectivity index (χ0v) is 10.4. The van der Waals surface area contributed by atoms with Crippen LogP contribution in [0.5, 0.6) is 0 Å². The average Bonchev–Trinajstić information content (AvgIpc) is 2.75. The van der Waals surface area contributed by atoms with Crippen molar-refractivity contribution in [3.05, 3.63) is 10.6 Å². The number of aromatic carboxylic acids is 1. The normalized spacial score (nSPS) is 15.9. The Morgan fingerprint density at radius 2 is 1.94 bits per heavy atom. The van der Waals surface area contributed by atoms with Crippen molar-refractivity contribution in [2.45, 2.75) is 26.2 Å². The summed E-state index contributed by atoms with van der Waals surface area (Å²) < 4.78 is 0. The number of ketones is 1. The second kappa shape index (κ2) is 4.83. The van der Waals surface area contributed by atoms with E-state index in [0.29, 0.717) is 5.13 Å². The standard InChI is InChI=1S/C11H14N2O3S/c1-7(14)9-8(10(15)16)12-11(17-9)13-5-3-2-4-6-13/h2-6H2,1H3,(H,15,16). The van der Waals surface area contributed by atoms with Crippen molar-refractivity contribution in [3.8, 4) is 0 Å². The molecular formula is C11H14N2O3S. The minimum absolute atomic E-state index is 0.108. The summed E-state index contributed by atoms with van der Waals surface area (Å²) in [5, 5.41) is 9.66. The Bertz CT molecular complexity index is 418. The summed E-state index contributed by atoms with van der Waals surface area (Å²) in [6, 6.07) is 0. The molecule has 0 atom stereocenters. The summed E-state index contributed by atoms with van der Waals surface area (Å²) in [7, 11) is 0. The number of piperidine rings is 1. The van der Waals surface area contributed by atoms with Crippen LogP contribution in [0.1, 0.15) is 46.3 Å². The van der Waals surface area contributed by atoms with Gasteiger partial charge in [-0.25, -0.2) is 9.78 Å². The van der Waals surface area contributed by atoms with Crippen molar-refractivity contribution in [1.82, 2.24) is 4.98 Å². The van der Waals surface area contributed by atoms with Crippen LogP contribution in [0.3, 0.4) is 0 Å². The minimum Gasteiger partial charge on any atom is -0.476 e. The molecule has 1 N–H and O–H groups in total. The number of carbonyl (C=O) groups is 2. The van der Waals surface area contributed by atoms with Gasteiger partial charge in [0.15, 0.2) is 16.6 Å². The Morgan fingerprint density at radius 1 is 1.29 bits per heavy atom. The Morgan fingerprint density at radius 3 is 2.41 bits per heavy atom. The average molecular weight is 254 g/mol. The first-order chi connectivity index (χ1) is 8.09. The van der Waals surface area contributed by atoms with Crippen LogP contribution in [-0.4, -0.2) is 34.9 Å². The summed E-state index contributed by atoms with van der Waals surface area (Å²) in [4.78, 5) is 28.7. The molecule has 0 bridgehead atoms. The molecule has 1 aromatic rings. The van der Waals surface area contributed by atoms with Crippen LogP contribution >= 0.6 is 11.3 Å². The maximum absolute atomic E-state index is 11.4. The maximum Gasteiger partial charge on any atom is 0.356 e. The Balaban J connectivity index is 2.32. The molecular weight excluding hydrogens is 240 g/mol. The molecule has 0 amide bonds. The number of anilines is 1. The first-order valence-corrected chi connectivity index (χ1v) is 6.41. The van der Waals surface area contributed by atoms with Gasteiger partial charge < -0.3 is 10.0 Å². The third-order valence-electron chi connectivity index (χ3n) is 2.76. The van der Waals surface area contributed by atoms with Gasteiger partial charge >= 0.3 is 5.97 Å². The van der Waals surface area contributed by atoms with Crippen LogP contribution in [-0.2, 0) is 0 Å². The Labute approximate surface area is 103 Å². The van der Waals surface area contributed by atoms with E-state index >= 15 is 0 Å². The fourth-order valence-corrected chi connectivity index (χ4v) is 2.92. The van der Waals surface area contributed by atoms with Crippen molar-refractivity contribution >= 4 is 28.2 Å². The molecule has 1 aromatic heterocycles. The number of Topliss-reactive ketones (excluding diaryl/α,β-unsaturated/α-hetero) is 1. The van der Waals surface area contributed by atoms with Gasteiger partial charge in [-0.3, -0.25) is 4.79 Å². The molecule has 0 aromatic carbocycles. The summed E-state index contributed by atoms with van der Waals surface area (Å²) in [6.07, 6.45) is 3.39. The van der Waals surface area contributed by atoms with Gasteiger partial charge in [0.2, 0.25) is 0 Å². The molecule has 0 unspecified atom stereocenters. The zero-order valence-electron chi connectivity index (χ0n) is 9.60. The first kappa shape index (κ1) is 12.0. The summed E-state index contributed by atoms with van der Waals surface area (Å²) in [6.45, 7) is 3.16. The zero-order chi connectivity index (χ0) is 12.4. The monoisotopic (exact) mass is 254 g/mol. The molecule has 0 spiro atoms. The topological polar surface area (TPSA) is 70.5 Å². The molecule has 0 radical (unpaired) electrons. The SMILES string of the molecule is CC(=O)c1sc(N2CCCCC2)nc1C(=O)O. The molecule has 6 heteroatoms. The maximum atomic E-state index is 11.4. The van der Waals surface area contributed by atoms with E-state index < -0.39 is 5.97 Å². The number of hydrogen-bond acceptors (Lipinski definition) is 5. The summed E-state index contributed by atoms with van der Waals surface area (Å²) in [5.74, 6) is -1.36. The van der Waals surface area contributed by atoms with Crippen LogP contribution in [0.25, 0.3) is 0 Å². The van der Waals surface area contributed by atoms with Crippen LogP contribution in [0.2, 0.25) is 0 Å². The fourth-order valence-electron chi connectivity index (χ4n) is 1.91. The van der Waals surface area contributed by atoms with E-state index in [4.69, 9.17) is 5.11 Å². The number of carbonyl (C=O) groups excluding carboxylic acids is 1. The highest BCUT2D eigenvalue weighted by Crippen LogP contribution is 2.28. The van der Waals surface area contributed by atoms with Gasteiger partial charge in [0, 0.05) is 20.0 Å². The summed E-state index contributed by atoms with van der Waals surface area (Å²) in [5.41, 5.74) is -0.108.